The van der Waals surface area contributed by atoms with E-state index in [1.54, 1.807) is 0 Å². The number of hydrogen-bond acceptors (Lipinski definition) is 2. The van der Waals surface area contributed by atoms with Crippen molar-refractivity contribution in [3.63, 3.8) is 0 Å². The van der Waals surface area contributed by atoms with E-state index in [4.69, 9.17) is 0 Å². The van der Waals surface area contributed by atoms with Gasteiger partial charge in [0.25, 0.3) is 5.91 Å². The van der Waals surface area contributed by atoms with E-state index in [2.05, 4.69) is 34.1 Å². The van der Waals surface area contributed by atoms with Crippen LogP contribution in [0.3, 0.4) is 0 Å². The largest absolute Gasteiger partial charge is 0.307 e. The van der Waals surface area contributed by atoms with Gasteiger partial charge in [-0.2, -0.15) is 0 Å². The summed E-state index contributed by atoms with van der Waals surface area (Å²) in [6, 6.07) is 10.2. The van der Waals surface area contributed by atoms with E-state index >= 15 is 0 Å². The molecule has 4 heteroatoms. The molecule has 2 heterocycles. The van der Waals surface area contributed by atoms with Gasteiger partial charge in [-0.25, -0.2) is 0 Å². The van der Waals surface area contributed by atoms with Crippen LogP contribution in [-0.2, 0) is 6.42 Å². The topological polar surface area (TPSA) is 20.3 Å². The Labute approximate surface area is 131 Å². The molecule has 20 heavy (non-hydrogen) atoms. The summed E-state index contributed by atoms with van der Waals surface area (Å²) in [7, 11) is 0. The number of hydrogen-bond donors (Lipinski definition) is 0. The van der Waals surface area contributed by atoms with Crippen LogP contribution in [0.25, 0.3) is 0 Å². The lowest BCUT2D eigenvalue weighted by Gasteiger charge is -2.22. The highest BCUT2D eigenvalue weighted by atomic mass is 79.9. The first-order valence-corrected chi connectivity index (χ1v) is 8.43. The summed E-state index contributed by atoms with van der Waals surface area (Å²) >= 11 is 5.03. The van der Waals surface area contributed by atoms with Crippen LogP contribution in [0.1, 0.15) is 33.6 Å². The Bertz CT molecular complexity index is 630. The van der Waals surface area contributed by atoms with E-state index in [-0.39, 0.29) is 5.91 Å². The molecule has 0 unspecified atom stereocenters. The molecule has 3 rings (SSSR count). The summed E-state index contributed by atoms with van der Waals surface area (Å²) in [6.45, 7) is 2.83. The SMILES string of the molecule is Cc1cc(C(=O)N2CCCCc3ccccc32)sc1Br. The van der Waals surface area contributed by atoms with E-state index < -0.39 is 0 Å². The Hall–Kier alpha value is -1.13. The fourth-order valence-corrected chi connectivity index (χ4v) is 4.08. The van der Waals surface area contributed by atoms with Gasteiger partial charge in [-0.1, -0.05) is 18.2 Å². The summed E-state index contributed by atoms with van der Waals surface area (Å²) in [6.07, 6.45) is 3.27. The molecule has 0 atom stereocenters. The van der Waals surface area contributed by atoms with Gasteiger partial charge in [0.15, 0.2) is 0 Å². The molecule has 1 aromatic carbocycles. The molecule has 0 N–H and O–H groups in total. The van der Waals surface area contributed by atoms with Crippen molar-refractivity contribution in [1.29, 1.82) is 0 Å². The lowest BCUT2D eigenvalue weighted by Crippen LogP contribution is -2.31. The maximum Gasteiger partial charge on any atom is 0.268 e. The van der Waals surface area contributed by atoms with Crippen molar-refractivity contribution in [2.24, 2.45) is 0 Å². The molecule has 2 aromatic rings. The fourth-order valence-electron chi connectivity index (χ4n) is 2.60. The average molecular weight is 350 g/mol. The summed E-state index contributed by atoms with van der Waals surface area (Å²) in [5.74, 6) is 0.123. The molecular weight excluding hydrogens is 334 g/mol. The molecule has 1 aliphatic rings. The van der Waals surface area contributed by atoms with E-state index in [0.717, 1.165) is 45.7 Å². The highest BCUT2D eigenvalue weighted by Crippen LogP contribution is 2.32. The van der Waals surface area contributed by atoms with Gasteiger partial charge in [-0.15, -0.1) is 11.3 Å². The van der Waals surface area contributed by atoms with Crippen LogP contribution in [0.5, 0.6) is 0 Å². The molecule has 0 aliphatic carbocycles. The van der Waals surface area contributed by atoms with Crippen molar-refractivity contribution < 1.29 is 4.79 Å². The molecule has 104 valence electrons. The third-order valence-electron chi connectivity index (χ3n) is 3.67. The number of rotatable bonds is 1. The number of para-hydroxylation sites is 1. The number of amides is 1. The number of fused-ring (bicyclic) bond motifs is 1. The Kier molecular flexibility index (Phi) is 3.94. The summed E-state index contributed by atoms with van der Waals surface area (Å²) in [5, 5.41) is 0. The lowest BCUT2D eigenvalue weighted by molar-refractivity contribution is 0.0991. The predicted molar refractivity (Wildman–Crippen MR) is 87.8 cm³/mol. The van der Waals surface area contributed by atoms with E-state index in [1.807, 2.05) is 24.0 Å². The van der Waals surface area contributed by atoms with Crippen LogP contribution < -0.4 is 4.90 Å². The molecule has 0 saturated carbocycles. The Morgan fingerprint density at radius 3 is 2.85 bits per heavy atom. The van der Waals surface area contributed by atoms with Crippen molar-refractivity contribution >= 4 is 38.9 Å². The van der Waals surface area contributed by atoms with Gasteiger partial charge < -0.3 is 4.90 Å². The van der Waals surface area contributed by atoms with Gasteiger partial charge in [-0.05, 0) is 65.4 Å². The summed E-state index contributed by atoms with van der Waals surface area (Å²) in [5.41, 5.74) is 3.49. The molecule has 0 bridgehead atoms. The van der Waals surface area contributed by atoms with Crippen molar-refractivity contribution in [1.82, 2.24) is 0 Å². The standard InChI is InChI=1S/C16H16BrNOS/c1-11-10-14(20-15(11)17)16(19)18-9-5-4-7-12-6-2-3-8-13(12)18/h2-3,6,8,10H,4-5,7,9H2,1H3. The number of benzene rings is 1. The third-order valence-corrected chi connectivity index (χ3v) is 5.80. The number of thiophene rings is 1. The number of anilines is 1. The van der Waals surface area contributed by atoms with Crippen LogP contribution in [0.2, 0.25) is 0 Å². The zero-order chi connectivity index (χ0) is 14.1. The van der Waals surface area contributed by atoms with Crippen LogP contribution in [0.15, 0.2) is 34.1 Å². The molecule has 0 saturated heterocycles. The second-order valence-electron chi connectivity index (χ2n) is 5.11. The summed E-state index contributed by atoms with van der Waals surface area (Å²) < 4.78 is 1.05. The van der Waals surface area contributed by atoms with Gasteiger partial charge in [0.2, 0.25) is 0 Å². The van der Waals surface area contributed by atoms with Gasteiger partial charge in [0, 0.05) is 12.2 Å². The zero-order valence-corrected chi connectivity index (χ0v) is 13.8. The Morgan fingerprint density at radius 2 is 2.10 bits per heavy atom. The van der Waals surface area contributed by atoms with Crippen LogP contribution in [0.4, 0.5) is 5.69 Å². The van der Waals surface area contributed by atoms with Gasteiger partial charge in [0.1, 0.15) is 0 Å². The molecule has 1 aromatic heterocycles. The second-order valence-corrected chi connectivity index (χ2v) is 7.48. The molecule has 0 spiro atoms. The van der Waals surface area contributed by atoms with E-state index in [9.17, 15) is 4.79 Å². The minimum atomic E-state index is 0.123. The number of carbonyl (C=O) groups excluding carboxylic acids is 1. The zero-order valence-electron chi connectivity index (χ0n) is 11.4. The molecular formula is C16H16BrNOS. The van der Waals surface area contributed by atoms with Crippen molar-refractivity contribution in [2.45, 2.75) is 26.2 Å². The highest BCUT2D eigenvalue weighted by molar-refractivity contribution is 9.11. The van der Waals surface area contributed by atoms with Gasteiger partial charge in [0.05, 0.1) is 8.66 Å². The van der Waals surface area contributed by atoms with Gasteiger partial charge >= 0.3 is 0 Å². The van der Waals surface area contributed by atoms with Crippen molar-refractivity contribution in [3.05, 3.63) is 50.1 Å². The molecule has 1 aliphatic heterocycles. The smallest absolute Gasteiger partial charge is 0.268 e. The normalized spacial score (nSPS) is 14.8. The maximum absolute atomic E-state index is 12.8. The Morgan fingerprint density at radius 1 is 1.30 bits per heavy atom. The monoisotopic (exact) mass is 349 g/mol. The Balaban J connectivity index is 1.99. The van der Waals surface area contributed by atoms with Crippen LogP contribution >= 0.6 is 27.3 Å². The number of nitrogens with zero attached hydrogens (tertiary/aromatic N) is 1. The summed E-state index contributed by atoms with van der Waals surface area (Å²) in [4.78, 5) is 15.6. The fraction of sp³-hybridized carbons (Fsp3) is 0.312. The first kappa shape index (κ1) is 13.8. The first-order chi connectivity index (χ1) is 9.66. The first-order valence-electron chi connectivity index (χ1n) is 6.82. The van der Waals surface area contributed by atoms with Crippen molar-refractivity contribution in [3.8, 4) is 0 Å². The minimum Gasteiger partial charge on any atom is -0.307 e. The minimum absolute atomic E-state index is 0.123. The number of carbonyl (C=O) groups is 1. The number of halogens is 1. The molecule has 2 nitrogen and oxygen atoms in total. The van der Waals surface area contributed by atoms with Crippen LogP contribution in [0, 0.1) is 6.92 Å². The number of aryl methyl sites for hydroxylation is 2. The van der Waals surface area contributed by atoms with Crippen LogP contribution in [-0.4, -0.2) is 12.5 Å². The van der Waals surface area contributed by atoms with Crippen molar-refractivity contribution in [2.75, 3.05) is 11.4 Å². The predicted octanol–water partition coefficient (Wildman–Crippen LogP) is 4.80. The molecule has 0 fully saturated rings. The van der Waals surface area contributed by atoms with Gasteiger partial charge in [-0.3, -0.25) is 4.79 Å². The maximum atomic E-state index is 12.8. The quantitative estimate of drug-likeness (QED) is 0.723. The highest BCUT2D eigenvalue weighted by Gasteiger charge is 2.23. The average Bonchev–Trinajstić information content (AvgIpc) is 2.68. The molecule has 0 radical (unpaired) electrons. The van der Waals surface area contributed by atoms with E-state index in [1.165, 1.54) is 16.9 Å². The van der Waals surface area contributed by atoms with E-state index in [0.29, 0.717) is 0 Å². The lowest BCUT2D eigenvalue weighted by atomic mass is 10.1. The third kappa shape index (κ3) is 2.54. The second kappa shape index (κ2) is 5.70. The molecule has 1 amide bonds.